The molecule has 4 aromatic rings. The molecule has 0 aliphatic heterocycles. The van der Waals surface area contributed by atoms with Gasteiger partial charge in [0.1, 0.15) is 0 Å². The second-order valence-corrected chi connectivity index (χ2v) is 9.08. The zero-order chi connectivity index (χ0) is 22.6. The minimum atomic E-state index is -3.56. The largest absolute Gasteiger partial charge is 0.322 e. The predicted octanol–water partition coefficient (Wildman–Crippen LogP) is 4.84. The Morgan fingerprint density at radius 1 is 0.906 bits per heavy atom. The standard InChI is InChI=1S/C25H23N3O3S/c1-2-16-26-32(30,31)20-14-12-19(13-15-20)27-25(29)22-17-24(18-8-4-3-5-9-18)28-23-11-7-6-10-21(22)23/h3-15,17,26H,2,16H2,1H3,(H,27,29). The van der Waals surface area contributed by atoms with Gasteiger partial charge in [0.15, 0.2) is 0 Å². The zero-order valence-electron chi connectivity index (χ0n) is 17.6. The number of anilines is 1. The van der Waals surface area contributed by atoms with Crippen molar-refractivity contribution in [2.75, 3.05) is 11.9 Å². The van der Waals surface area contributed by atoms with Crippen LogP contribution in [0.4, 0.5) is 5.69 Å². The van der Waals surface area contributed by atoms with Gasteiger partial charge >= 0.3 is 0 Å². The molecule has 0 unspecified atom stereocenters. The van der Waals surface area contributed by atoms with E-state index in [1.54, 1.807) is 18.2 Å². The molecule has 0 saturated heterocycles. The summed E-state index contributed by atoms with van der Waals surface area (Å²) in [6.07, 6.45) is 0.707. The first-order chi connectivity index (χ1) is 15.5. The molecule has 1 amide bonds. The molecular weight excluding hydrogens is 422 g/mol. The lowest BCUT2D eigenvalue weighted by Gasteiger charge is -2.11. The highest BCUT2D eigenvalue weighted by Gasteiger charge is 2.16. The van der Waals surface area contributed by atoms with Gasteiger partial charge in [0.05, 0.1) is 21.7 Å². The number of amides is 1. The van der Waals surface area contributed by atoms with E-state index >= 15 is 0 Å². The topological polar surface area (TPSA) is 88.2 Å². The highest BCUT2D eigenvalue weighted by Crippen LogP contribution is 2.26. The smallest absolute Gasteiger partial charge is 0.256 e. The molecular formula is C25H23N3O3S. The third kappa shape index (κ3) is 4.69. The number of carbonyl (C=O) groups is 1. The molecule has 6 nitrogen and oxygen atoms in total. The van der Waals surface area contributed by atoms with Crippen LogP contribution in [0.3, 0.4) is 0 Å². The Bertz CT molecular complexity index is 1350. The summed E-state index contributed by atoms with van der Waals surface area (Å²) in [5.74, 6) is -0.291. The molecule has 0 fully saturated rings. The fraction of sp³-hybridized carbons (Fsp3) is 0.120. The van der Waals surface area contributed by atoms with E-state index in [0.717, 1.165) is 16.5 Å². The van der Waals surface area contributed by atoms with Gasteiger partial charge in [-0.1, -0.05) is 55.5 Å². The van der Waals surface area contributed by atoms with Crippen molar-refractivity contribution in [1.82, 2.24) is 9.71 Å². The number of benzene rings is 3. The maximum Gasteiger partial charge on any atom is 0.256 e. The first-order valence-electron chi connectivity index (χ1n) is 10.3. The number of hydrogen-bond acceptors (Lipinski definition) is 4. The fourth-order valence-corrected chi connectivity index (χ4v) is 4.49. The van der Waals surface area contributed by atoms with Crippen LogP contribution in [-0.4, -0.2) is 25.9 Å². The zero-order valence-corrected chi connectivity index (χ0v) is 18.4. The molecule has 0 bridgehead atoms. The van der Waals surface area contributed by atoms with Crippen molar-refractivity contribution in [3.63, 3.8) is 0 Å². The number of sulfonamides is 1. The molecule has 0 spiro atoms. The molecule has 1 aromatic heterocycles. The van der Waals surface area contributed by atoms with Crippen LogP contribution in [0.5, 0.6) is 0 Å². The van der Waals surface area contributed by atoms with Gasteiger partial charge in [-0.3, -0.25) is 4.79 Å². The quantitative estimate of drug-likeness (QED) is 0.426. The number of carbonyl (C=O) groups excluding carboxylic acids is 1. The monoisotopic (exact) mass is 445 g/mol. The summed E-state index contributed by atoms with van der Waals surface area (Å²) in [6, 6.07) is 25.1. The van der Waals surface area contributed by atoms with E-state index in [-0.39, 0.29) is 10.8 Å². The van der Waals surface area contributed by atoms with Crippen LogP contribution >= 0.6 is 0 Å². The Kier molecular flexibility index (Phi) is 6.30. The van der Waals surface area contributed by atoms with Crippen LogP contribution in [0.1, 0.15) is 23.7 Å². The second kappa shape index (κ2) is 9.30. The molecule has 4 rings (SSSR count). The SMILES string of the molecule is CCCNS(=O)(=O)c1ccc(NC(=O)c2cc(-c3ccccc3)nc3ccccc23)cc1. The summed E-state index contributed by atoms with van der Waals surface area (Å²) in [7, 11) is -3.56. The maximum absolute atomic E-state index is 13.2. The molecule has 2 N–H and O–H groups in total. The number of nitrogens with zero attached hydrogens (tertiary/aromatic N) is 1. The van der Waals surface area contributed by atoms with E-state index in [0.29, 0.717) is 29.9 Å². The fourth-order valence-electron chi connectivity index (χ4n) is 3.36. The van der Waals surface area contributed by atoms with E-state index < -0.39 is 10.0 Å². The lowest BCUT2D eigenvalue weighted by atomic mass is 10.0. The molecule has 162 valence electrons. The van der Waals surface area contributed by atoms with Crippen LogP contribution in [0.25, 0.3) is 22.2 Å². The molecule has 0 aliphatic carbocycles. The van der Waals surface area contributed by atoms with Gasteiger partial charge < -0.3 is 5.32 Å². The van der Waals surface area contributed by atoms with Crippen LogP contribution in [0.15, 0.2) is 89.8 Å². The van der Waals surface area contributed by atoms with Crippen molar-refractivity contribution in [3.8, 4) is 11.3 Å². The second-order valence-electron chi connectivity index (χ2n) is 7.31. The van der Waals surface area contributed by atoms with E-state index in [1.165, 1.54) is 12.1 Å². The Morgan fingerprint density at radius 3 is 2.31 bits per heavy atom. The molecule has 32 heavy (non-hydrogen) atoms. The number of pyridine rings is 1. The molecule has 7 heteroatoms. The van der Waals surface area contributed by atoms with Crippen LogP contribution in [0, 0.1) is 0 Å². The van der Waals surface area contributed by atoms with Gasteiger partial charge in [-0.05, 0) is 42.8 Å². The maximum atomic E-state index is 13.2. The molecule has 3 aromatic carbocycles. The van der Waals surface area contributed by atoms with E-state index in [4.69, 9.17) is 4.98 Å². The van der Waals surface area contributed by atoms with Crippen molar-refractivity contribution in [2.24, 2.45) is 0 Å². The van der Waals surface area contributed by atoms with Gasteiger partial charge in [-0.2, -0.15) is 0 Å². The first kappa shape index (κ1) is 21.7. The molecule has 1 heterocycles. The normalized spacial score (nSPS) is 11.4. The Labute approximate surface area is 187 Å². The van der Waals surface area contributed by atoms with E-state index in [9.17, 15) is 13.2 Å². The van der Waals surface area contributed by atoms with Crippen molar-refractivity contribution in [3.05, 3.63) is 90.5 Å². The van der Waals surface area contributed by atoms with Crippen LogP contribution in [-0.2, 0) is 10.0 Å². The Balaban J connectivity index is 1.64. The minimum absolute atomic E-state index is 0.157. The average molecular weight is 446 g/mol. The summed E-state index contributed by atoms with van der Waals surface area (Å²) in [4.78, 5) is 18.0. The highest BCUT2D eigenvalue weighted by molar-refractivity contribution is 7.89. The third-order valence-electron chi connectivity index (χ3n) is 4.99. The first-order valence-corrected chi connectivity index (χ1v) is 11.8. The van der Waals surface area contributed by atoms with Crippen molar-refractivity contribution in [2.45, 2.75) is 18.2 Å². The van der Waals surface area contributed by atoms with Gasteiger partial charge in [0.25, 0.3) is 5.91 Å². The van der Waals surface area contributed by atoms with Crippen molar-refractivity contribution in [1.29, 1.82) is 0 Å². The number of nitrogens with one attached hydrogen (secondary N) is 2. The van der Waals surface area contributed by atoms with Gasteiger partial charge in [-0.15, -0.1) is 0 Å². The van der Waals surface area contributed by atoms with E-state index in [1.807, 2.05) is 61.5 Å². The summed E-state index contributed by atoms with van der Waals surface area (Å²) in [6.45, 7) is 2.27. The third-order valence-corrected chi connectivity index (χ3v) is 6.47. The molecule has 0 radical (unpaired) electrons. The van der Waals surface area contributed by atoms with E-state index in [2.05, 4.69) is 10.0 Å². The molecule has 0 aliphatic rings. The van der Waals surface area contributed by atoms with Gasteiger partial charge in [-0.25, -0.2) is 18.1 Å². The minimum Gasteiger partial charge on any atom is -0.322 e. The molecule has 0 atom stereocenters. The van der Waals surface area contributed by atoms with Gasteiger partial charge in [0.2, 0.25) is 10.0 Å². The Hall–Kier alpha value is -3.55. The Morgan fingerprint density at radius 2 is 1.59 bits per heavy atom. The average Bonchev–Trinajstić information content (AvgIpc) is 2.83. The van der Waals surface area contributed by atoms with Gasteiger partial charge in [0, 0.05) is 23.2 Å². The number of hydrogen-bond donors (Lipinski definition) is 2. The highest BCUT2D eigenvalue weighted by atomic mass is 32.2. The van der Waals surface area contributed by atoms with Crippen LogP contribution in [0.2, 0.25) is 0 Å². The van der Waals surface area contributed by atoms with Crippen molar-refractivity contribution < 1.29 is 13.2 Å². The predicted molar refractivity (Wildman–Crippen MR) is 127 cm³/mol. The summed E-state index contributed by atoms with van der Waals surface area (Å²) >= 11 is 0. The summed E-state index contributed by atoms with van der Waals surface area (Å²) in [5, 5.41) is 3.61. The number of para-hydroxylation sites is 1. The number of aromatic nitrogens is 1. The van der Waals surface area contributed by atoms with Crippen LogP contribution < -0.4 is 10.0 Å². The summed E-state index contributed by atoms with van der Waals surface area (Å²) < 4.78 is 27.0. The van der Waals surface area contributed by atoms with Crippen molar-refractivity contribution >= 4 is 32.5 Å². The summed E-state index contributed by atoms with van der Waals surface area (Å²) in [5.41, 5.74) is 3.35. The number of rotatable bonds is 7. The number of fused-ring (bicyclic) bond motifs is 1. The molecule has 0 saturated carbocycles. The lowest BCUT2D eigenvalue weighted by molar-refractivity contribution is 0.102. The lowest BCUT2D eigenvalue weighted by Crippen LogP contribution is -2.24.